The molecule has 698 valence electrons. The van der Waals surface area contributed by atoms with Crippen molar-refractivity contribution in [1.29, 1.82) is 0 Å². The molecule has 30 atom stereocenters. The van der Waals surface area contributed by atoms with Gasteiger partial charge in [0.15, 0.2) is 37.4 Å². The summed E-state index contributed by atoms with van der Waals surface area (Å²) >= 11 is 0. The van der Waals surface area contributed by atoms with Crippen molar-refractivity contribution in [3.05, 3.63) is 65.2 Å². The van der Waals surface area contributed by atoms with E-state index in [2.05, 4.69) is 41.9 Å². The van der Waals surface area contributed by atoms with E-state index in [1.165, 1.54) is 13.8 Å². The first-order chi connectivity index (χ1) is 59.2. The number of hydrogen-bond acceptors (Lipinski definition) is 36. The third-order valence-electron chi connectivity index (χ3n) is 23.7. The lowest BCUT2D eigenvalue weighted by Crippen LogP contribution is -2.68. The zero-order valence-electron chi connectivity index (χ0n) is 68.3. The molecule has 2 aromatic heterocycles. The molecule has 0 spiro atoms. The van der Waals surface area contributed by atoms with Crippen LogP contribution in [-0.4, -0.2) is 366 Å². The summed E-state index contributed by atoms with van der Waals surface area (Å²) in [6.07, 6.45) is -37.4. The molecule has 48 nitrogen and oxygen atoms in total. The second-order valence-electron chi connectivity index (χ2n) is 32.6. The van der Waals surface area contributed by atoms with Crippen LogP contribution >= 0.6 is 0 Å². The highest BCUT2D eigenvalue weighted by Crippen LogP contribution is 2.41. The molecule has 4 aliphatic carbocycles. The Morgan fingerprint density at radius 2 is 0.831 bits per heavy atom. The summed E-state index contributed by atoms with van der Waals surface area (Å²) in [7, 11) is 0. The minimum atomic E-state index is -2.04. The molecule has 6 heterocycles. The zero-order valence-corrected chi connectivity index (χ0v) is 68.3. The van der Waals surface area contributed by atoms with Gasteiger partial charge in [-0.25, -0.2) is 19.2 Å². The van der Waals surface area contributed by atoms with E-state index < -0.39 is 317 Å². The highest BCUT2D eigenvalue weighted by molar-refractivity contribution is 5.93. The van der Waals surface area contributed by atoms with Crippen LogP contribution < -0.4 is 65.9 Å². The molecular formula is C76H118N12O36. The number of ether oxygens (including phenoxy) is 12. The van der Waals surface area contributed by atoms with Crippen molar-refractivity contribution >= 4 is 47.4 Å². The molecular weight excluding hydrogens is 1660 g/mol. The van der Waals surface area contributed by atoms with Gasteiger partial charge in [0, 0.05) is 50.1 Å². The van der Waals surface area contributed by atoms with E-state index in [9.17, 15) is 119 Å². The van der Waals surface area contributed by atoms with Crippen LogP contribution in [0.2, 0.25) is 0 Å². The van der Waals surface area contributed by atoms with Crippen LogP contribution in [0.4, 0.5) is 0 Å². The number of carbonyl (C=O) groups is 8. The summed E-state index contributed by atoms with van der Waals surface area (Å²) in [5, 5.41) is 150. The minimum absolute atomic E-state index is 0.0502. The van der Waals surface area contributed by atoms with Crippen LogP contribution in [0.5, 0.6) is 0 Å². The van der Waals surface area contributed by atoms with Gasteiger partial charge in [-0.3, -0.25) is 48.3 Å². The number of nitrogens with two attached hydrogens (primary N) is 2. The molecule has 10 rings (SSSR count). The number of carbonyl (C=O) groups excluding carboxylic acids is 6. The Labute approximate surface area is 707 Å². The highest BCUT2D eigenvalue weighted by atomic mass is 16.8. The largest absolute Gasteiger partial charge is 0.479 e. The molecule has 4 aliphatic heterocycles. The van der Waals surface area contributed by atoms with Crippen LogP contribution in [0, 0.1) is 23.7 Å². The number of rotatable bonds is 39. The van der Waals surface area contributed by atoms with Crippen LogP contribution in [0.15, 0.2) is 31.3 Å². The van der Waals surface area contributed by atoms with Gasteiger partial charge in [-0.15, -0.1) is 0 Å². The molecule has 0 unspecified atom stereocenters. The number of aliphatic hydroxyl groups is 10. The third kappa shape index (κ3) is 26.0. The summed E-state index contributed by atoms with van der Waals surface area (Å²) in [6, 6.07) is -5.24. The number of aromatic nitrogens is 4. The maximum Gasteiger partial charge on any atom is 0.332 e. The zero-order chi connectivity index (χ0) is 89.9. The summed E-state index contributed by atoms with van der Waals surface area (Å²) in [4.78, 5) is 171. The normalized spacial score (nSPS) is 34.9. The topological polar surface area (TPSA) is 746 Å². The van der Waals surface area contributed by atoms with Crippen LogP contribution in [0.25, 0.3) is 0 Å². The first-order valence-electron chi connectivity index (χ1n) is 41.8. The monoisotopic (exact) mass is 1770 g/mol. The van der Waals surface area contributed by atoms with Crippen LogP contribution in [0.1, 0.15) is 138 Å². The number of amides is 6. The van der Waals surface area contributed by atoms with E-state index in [-0.39, 0.29) is 63.7 Å². The fourth-order valence-electron chi connectivity index (χ4n) is 17.2. The molecule has 4 saturated heterocycles. The Kier molecular flexibility index (Phi) is 36.7. The predicted molar refractivity (Wildman–Crippen MR) is 416 cm³/mol. The van der Waals surface area contributed by atoms with E-state index in [4.69, 9.17) is 68.3 Å². The van der Waals surface area contributed by atoms with Gasteiger partial charge in [-0.2, -0.15) is 0 Å². The standard InChI is InChI=1S/C76H118N12O36/c1-31-53(95)57(99)59(101)73(115-31)123-61-37(81-67(105)39-25-47(91)87-75(111)83-39)21-35(65(103)79-15-13-77)23-41(61)119-71-51(63(55(97)45(27-89)121-71)117-43(69(107)108)19-33-9-5-3-6-10-33)85-49(93)29-113-17-18-114-30-50(94)86-52-64(118-44(70(109)110)20-34-11-7-4-8-12-34)56(98)46(28-90)122-72(52)120-42-24-36(66(104)80-16-14-78)22-38(82-68(106)40-26-48(92)88-76(112)84-40)62(42)124-74-60(102)58(100)54(96)32(2)116-74/h25-26,31-38,41-46,51-64,71-74,89-90,95-102H,3-24,27-30,77-78H2,1-2H3,(H,79,103)(H,80,104)(H,81,105)(H,82,106)(H,85,93)(H,86,94)(H,107,108)(H,109,110)(H2,83,87,91,111)(H2,84,88,92,112)/t31-,32-,35+,36+,37-,38-,41+,42+,43-,44-,45+,46+,51+,52+,53+,54+,55-,56-,57+,58+,59-,60-,61+,62+,63+,64+,71+,72+,73-,74-/m0/s1. The van der Waals surface area contributed by atoms with E-state index >= 15 is 0 Å². The number of nitrogens with one attached hydrogen (secondary N) is 10. The van der Waals surface area contributed by atoms with Gasteiger partial charge in [0.25, 0.3) is 22.9 Å². The molecule has 48 heteroatoms. The quantitative estimate of drug-likeness (QED) is 0.0276. The molecule has 124 heavy (non-hydrogen) atoms. The lowest BCUT2D eigenvalue weighted by Gasteiger charge is -2.49. The molecule has 4 saturated carbocycles. The van der Waals surface area contributed by atoms with Gasteiger partial charge in [0.05, 0.1) is 62.9 Å². The average Bonchev–Trinajstić information content (AvgIpc) is 0.773. The van der Waals surface area contributed by atoms with E-state index in [1.807, 2.05) is 9.97 Å². The summed E-state index contributed by atoms with van der Waals surface area (Å²) in [5.41, 5.74) is 6.17. The highest BCUT2D eigenvalue weighted by Gasteiger charge is 2.57. The number of carboxylic acids is 2. The molecule has 2 aromatic rings. The van der Waals surface area contributed by atoms with Gasteiger partial charge in [0.1, 0.15) is 122 Å². The Morgan fingerprint density at radius 1 is 0.460 bits per heavy atom. The maximum absolute atomic E-state index is 14.6. The van der Waals surface area contributed by atoms with Crippen molar-refractivity contribution in [1.82, 2.24) is 51.8 Å². The van der Waals surface area contributed by atoms with Crippen LogP contribution in [0.3, 0.4) is 0 Å². The lowest BCUT2D eigenvalue weighted by molar-refractivity contribution is -0.335. The van der Waals surface area contributed by atoms with Crippen LogP contribution in [-0.2, 0) is 85.6 Å². The Morgan fingerprint density at radius 3 is 1.17 bits per heavy atom. The van der Waals surface area contributed by atoms with Crippen molar-refractivity contribution in [2.75, 3.05) is 65.8 Å². The third-order valence-corrected chi connectivity index (χ3v) is 23.7. The summed E-state index contributed by atoms with van der Waals surface area (Å²) in [5.74, 6) is -11.5. The number of aromatic amines is 4. The average molecular weight is 1780 g/mol. The Hall–Kier alpha value is -7.84. The SMILES string of the molecule is C[C@@H]1O[C@@H](O[C@@H]2[C@@H](NC(=O)c3cc(=O)[nH]c(=O)[nH]3)C[C@@H](C(=O)NCCN)C[C@H]2O[C@@H]2O[C@H](CO)[C@H](O)[C@H](O[C@@H](CC3CCCCC3)C(=O)O)[C@H]2NC(=O)COCCOCC(=O)N[C@H]2[C@H](O[C@@H]3C[C@H](C(=O)NCCN)C[C@H](NC(=O)c4cc(=O)[nH]c(=O)[nH]4)[C@H]3O[C@@H]3O[C@@H](C)[C@@H](O)[C@@H](O)[C@@H]3O)O[C@H](CO)[C@H](O)[C@@H]2O[C@@H](CC2CCCCC2)C(=O)O)[C@@H](O)[C@H](O)[C@@H]1O. The fourth-order valence-corrected chi connectivity index (χ4v) is 17.2. The number of hydrogen-bond donors (Lipinski definition) is 24. The first kappa shape index (κ1) is 98.3. The molecule has 26 N–H and O–H groups in total. The van der Waals surface area contributed by atoms with Gasteiger partial charge in [0.2, 0.25) is 23.6 Å². The second kappa shape index (κ2) is 46.2. The van der Waals surface area contributed by atoms with Crippen molar-refractivity contribution in [2.45, 2.75) is 288 Å². The number of carboxylic acid groups (broad SMARTS) is 2. The van der Waals surface area contributed by atoms with Crippen molar-refractivity contribution < 1.29 is 156 Å². The second-order valence-corrected chi connectivity index (χ2v) is 32.6. The van der Waals surface area contributed by atoms with E-state index in [1.54, 1.807) is 0 Å². The van der Waals surface area contributed by atoms with Crippen molar-refractivity contribution in [3.63, 3.8) is 0 Å². The van der Waals surface area contributed by atoms with Gasteiger partial charge >= 0.3 is 23.3 Å². The number of H-pyrrole nitrogens is 4. The molecule has 8 aliphatic rings. The Bertz CT molecular complexity index is 3790. The van der Waals surface area contributed by atoms with Crippen molar-refractivity contribution in [3.8, 4) is 0 Å². The summed E-state index contributed by atoms with van der Waals surface area (Å²) < 4.78 is 74.5. The van der Waals surface area contributed by atoms with Gasteiger partial charge in [-0.05, 0) is 64.2 Å². The van der Waals surface area contributed by atoms with Gasteiger partial charge < -0.3 is 171 Å². The predicted octanol–water partition coefficient (Wildman–Crippen LogP) is -9.72. The first-order valence-corrected chi connectivity index (χ1v) is 41.8. The molecule has 0 aromatic carbocycles. The molecule has 6 amide bonds. The lowest BCUT2D eigenvalue weighted by atomic mass is 9.80. The number of aliphatic carboxylic acids is 2. The minimum Gasteiger partial charge on any atom is -0.479 e. The van der Waals surface area contributed by atoms with E-state index in [0.717, 1.165) is 50.7 Å². The fraction of sp³-hybridized carbons (Fsp3) is 0.789. The Balaban J connectivity index is 0.918. The molecule has 8 fully saturated rings. The smallest absolute Gasteiger partial charge is 0.332 e. The van der Waals surface area contributed by atoms with E-state index in [0.29, 0.717) is 25.7 Å². The number of aliphatic hydroxyl groups excluding tert-OH is 10. The molecule has 0 bridgehead atoms. The molecule has 0 radical (unpaired) electrons. The van der Waals surface area contributed by atoms with Gasteiger partial charge in [-0.1, -0.05) is 64.2 Å². The maximum atomic E-state index is 14.6. The summed E-state index contributed by atoms with van der Waals surface area (Å²) in [6.45, 7) is -2.58. The van der Waals surface area contributed by atoms with Crippen molar-refractivity contribution in [2.24, 2.45) is 35.1 Å².